The monoisotopic (exact) mass is 350 g/mol. The Morgan fingerprint density at radius 1 is 1.17 bits per heavy atom. The van der Waals surface area contributed by atoms with Crippen LogP contribution in [0.3, 0.4) is 0 Å². The molecule has 2 fully saturated rings. The van der Waals surface area contributed by atoms with Gasteiger partial charge in [0.2, 0.25) is 0 Å². The standard InChI is InChI=1S/C14H17F3N2O3S/c1-18-6-7-22-13-9-19(8-12(13)18)10-2-4-11(5-3-10)23(20,21)14(15,16)17/h2-5,12-13H,6-9H2,1H3. The fourth-order valence-electron chi connectivity index (χ4n) is 3.04. The predicted molar refractivity (Wildman–Crippen MR) is 78.1 cm³/mol. The molecule has 5 nitrogen and oxygen atoms in total. The summed E-state index contributed by atoms with van der Waals surface area (Å²) in [6.45, 7) is 2.85. The molecule has 0 aromatic heterocycles. The number of benzene rings is 1. The van der Waals surface area contributed by atoms with E-state index in [0.717, 1.165) is 18.7 Å². The maximum absolute atomic E-state index is 12.5. The Morgan fingerprint density at radius 2 is 1.83 bits per heavy atom. The lowest BCUT2D eigenvalue weighted by atomic mass is 10.1. The van der Waals surface area contributed by atoms with Crippen molar-refractivity contribution in [2.24, 2.45) is 0 Å². The number of halogens is 3. The second-order valence-corrected chi connectivity index (χ2v) is 7.75. The number of fused-ring (bicyclic) bond motifs is 1. The van der Waals surface area contributed by atoms with Gasteiger partial charge in [-0.1, -0.05) is 0 Å². The van der Waals surface area contributed by atoms with Gasteiger partial charge < -0.3 is 9.64 Å². The molecule has 0 spiro atoms. The van der Waals surface area contributed by atoms with Gasteiger partial charge in [-0.25, -0.2) is 8.42 Å². The topological polar surface area (TPSA) is 49.9 Å². The third kappa shape index (κ3) is 2.92. The van der Waals surface area contributed by atoms with E-state index in [1.807, 2.05) is 11.9 Å². The molecule has 1 aromatic carbocycles. The average molecular weight is 350 g/mol. The van der Waals surface area contributed by atoms with E-state index >= 15 is 0 Å². The SMILES string of the molecule is CN1CCOC2CN(c3ccc(S(=O)(=O)C(F)(F)F)cc3)CC21. The molecule has 0 bridgehead atoms. The molecule has 2 saturated heterocycles. The Hall–Kier alpha value is -1.32. The molecule has 2 unspecified atom stereocenters. The van der Waals surface area contributed by atoms with E-state index in [-0.39, 0.29) is 12.1 Å². The normalized spacial score (nSPS) is 26.3. The summed E-state index contributed by atoms with van der Waals surface area (Å²) in [5, 5.41) is 0. The molecule has 0 aliphatic carbocycles. The van der Waals surface area contributed by atoms with Crippen molar-refractivity contribution in [1.29, 1.82) is 0 Å². The molecule has 2 atom stereocenters. The van der Waals surface area contributed by atoms with Crippen LogP contribution in [0.2, 0.25) is 0 Å². The number of nitrogens with zero attached hydrogens (tertiary/aromatic N) is 2. The molecule has 2 aliphatic heterocycles. The van der Waals surface area contributed by atoms with E-state index in [2.05, 4.69) is 4.90 Å². The first kappa shape index (κ1) is 16.5. The number of ether oxygens (including phenoxy) is 1. The zero-order valence-corrected chi connectivity index (χ0v) is 13.3. The highest BCUT2D eigenvalue weighted by molar-refractivity contribution is 7.92. The van der Waals surface area contributed by atoms with Crippen LogP contribution in [0.25, 0.3) is 0 Å². The van der Waals surface area contributed by atoms with Crippen LogP contribution < -0.4 is 4.90 Å². The highest BCUT2D eigenvalue weighted by Gasteiger charge is 2.47. The van der Waals surface area contributed by atoms with Crippen molar-refractivity contribution < 1.29 is 26.3 Å². The van der Waals surface area contributed by atoms with Crippen LogP contribution in [0.4, 0.5) is 18.9 Å². The Kier molecular flexibility index (Phi) is 4.06. The zero-order valence-electron chi connectivity index (χ0n) is 12.5. The zero-order chi connectivity index (χ0) is 16.8. The molecule has 0 radical (unpaired) electrons. The van der Waals surface area contributed by atoms with Crippen molar-refractivity contribution in [2.75, 3.05) is 38.2 Å². The third-order valence-corrected chi connectivity index (χ3v) is 5.90. The summed E-state index contributed by atoms with van der Waals surface area (Å²) >= 11 is 0. The van der Waals surface area contributed by atoms with Gasteiger partial charge >= 0.3 is 5.51 Å². The van der Waals surface area contributed by atoms with Crippen molar-refractivity contribution in [3.8, 4) is 0 Å². The van der Waals surface area contributed by atoms with Crippen LogP contribution in [0.15, 0.2) is 29.2 Å². The van der Waals surface area contributed by atoms with Gasteiger partial charge in [-0.15, -0.1) is 0 Å². The Morgan fingerprint density at radius 3 is 2.39 bits per heavy atom. The van der Waals surface area contributed by atoms with Crippen molar-refractivity contribution in [3.05, 3.63) is 24.3 Å². The molecule has 23 heavy (non-hydrogen) atoms. The summed E-state index contributed by atoms with van der Waals surface area (Å²) in [4.78, 5) is 3.47. The molecule has 3 rings (SSSR count). The molecule has 0 N–H and O–H groups in total. The first-order valence-corrected chi connectivity index (χ1v) is 8.66. The van der Waals surface area contributed by atoms with E-state index in [4.69, 9.17) is 4.74 Å². The van der Waals surface area contributed by atoms with Crippen LogP contribution in [0, 0.1) is 0 Å². The number of sulfone groups is 1. The Bertz CT molecular complexity index is 676. The lowest BCUT2D eigenvalue weighted by Gasteiger charge is -2.33. The smallest absolute Gasteiger partial charge is 0.373 e. The van der Waals surface area contributed by atoms with Gasteiger partial charge in [0.15, 0.2) is 0 Å². The number of morpholine rings is 1. The first-order valence-electron chi connectivity index (χ1n) is 7.18. The molecule has 9 heteroatoms. The van der Waals surface area contributed by atoms with Crippen LogP contribution in [0.1, 0.15) is 0 Å². The maximum atomic E-state index is 12.5. The highest BCUT2D eigenvalue weighted by Crippen LogP contribution is 2.32. The molecular formula is C14H17F3N2O3S. The van der Waals surface area contributed by atoms with Crippen LogP contribution in [-0.4, -0.2) is 64.3 Å². The van der Waals surface area contributed by atoms with Gasteiger partial charge in [-0.2, -0.15) is 13.2 Å². The number of alkyl halides is 3. The van der Waals surface area contributed by atoms with Crippen molar-refractivity contribution >= 4 is 15.5 Å². The number of rotatable bonds is 2. The molecule has 2 aliphatic rings. The van der Waals surface area contributed by atoms with Gasteiger partial charge in [0.05, 0.1) is 23.6 Å². The summed E-state index contributed by atoms with van der Waals surface area (Å²) in [6, 6.07) is 5.07. The largest absolute Gasteiger partial charge is 0.501 e. The molecule has 1 aromatic rings. The second-order valence-electron chi connectivity index (χ2n) is 5.81. The minimum absolute atomic E-state index is 0.0623. The lowest BCUT2D eigenvalue weighted by Crippen LogP contribution is -2.48. The summed E-state index contributed by atoms with van der Waals surface area (Å²) < 4.78 is 66.1. The molecule has 2 heterocycles. The van der Waals surface area contributed by atoms with Crippen molar-refractivity contribution in [3.63, 3.8) is 0 Å². The summed E-state index contributed by atoms with van der Waals surface area (Å²) in [5.74, 6) is 0. The van der Waals surface area contributed by atoms with Gasteiger partial charge in [-0.05, 0) is 31.3 Å². The molecule has 128 valence electrons. The van der Waals surface area contributed by atoms with E-state index in [0.29, 0.717) is 25.4 Å². The first-order chi connectivity index (χ1) is 10.7. The fraction of sp³-hybridized carbons (Fsp3) is 0.571. The summed E-state index contributed by atoms with van der Waals surface area (Å²) in [6.07, 6.45) is 0.0623. The number of likely N-dealkylation sites (N-methyl/N-ethyl adjacent to an activating group) is 1. The Labute approximate surface area is 132 Å². The third-order valence-electron chi connectivity index (χ3n) is 4.40. The minimum Gasteiger partial charge on any atom is -0.373 e. The quantitative estimate of drug-likeness (QED) is 0.809. The van der Waals surface area contributed by atoms with Crippen molar-refractivity contribution in [1.82, 2.24) is 4.90 Å². The van der Waals surface area contributed by atoms with Gasteiger partial charge in [-0.3, -0.25) is 4.90 Å². The van der Waals surface area contributed by atoms with E-state index in [9.17, 15) is 21.6 Å². The predicted octanol–water partition coefficient (Wildman–Crippen LogP) is 1.50. The highest BCUT2D eigenvalue weighted by atomic mass is 32.2. The number of anilines is 1. The Balaban J connectivity index is 1.79. The van der Waals surface area contributed by atoms with Crippen molar-refractivity contribution in [2.45, 2.75) is 22.5 Å². The lowest BCUT2D eigenvalue weighted by molar-refractivity contribution is -0.0436. The van der Waals surface area contributed by atoms with E-state index in [1.165, 1.54) is 12.1 Å². The van der Waals surface area contributed by atoms with E-state index < -0.39 is 20.2 Å². The summed E-state index contributed by atoms with van der Waals surface area (Å²) in [7, 11) is -3.28. The summed E-state index contributed by atoms with van der Waals surface area (Å²) in [5.41, 5.74) is -4.59. The van der Waals surface area contributed by atoms with Crippen LogP contribution in [0.5, 0.6) is 0 Å². The molecule has 0 amide bonds. The van der Waals surface area contributed by atoms with Crippen LogP contribution in [-0.2, 0) is 14.6 Å². The average Bonchev–Trinajstić information content (AvgIpc) is 2.92. The molecular weight excluding hydrogens is 333 g/mol. The van der Waals surface area contributed by atoms with Gasteiger partial charge in [0.1, 0.15) is 0 Å². The van der Waals surface area contributed by atoms with Crippen LogP contribution >= 0.6 is 0 Å². The fourth-order valence-corrected chi connectivity index (χ4v) is 3.80. The van der Waals surface area contributed by atoms with Gasteiger partial charge in [0, 0.05) is 25.3 Å². The second kappa shape index (κ2) is 5.64. The van der Waals surface area contributed by atoms with E-state index in [1.54, 1.807) is 0 Å². The maximum Gasteiger partial charge on any atom is 0.501 e. The number of hydrogen-bond donors (Lipinski definition) is 0. The molecule has 0 saturated carbocycles. The van der Waals surface area contributed by atoms with Gasteiger partial charge in [0.25, 0.3) is 9.84 Å². The number of hydrogen-bond acceptors (Lipinski definition) is 5. The minimum atomic E-state index is -5.30.